The van der Waals surface area contributed by atoms with Gasteiger partial charge in [0, 0.05) is 44.8 Å². The molecule has 0 aromatic carbocycles. The van der Waals surface area contributed by atoms with Crippen molar-refractivity contribution in [3.05, 3.63) is 36.5 Å². The number of alkyl halides is 1. The molecular weight excluding hydrogens is 742 g/mol. The van der Waals surface area contributed by atoms with E-state index in [1.165, 1.54) is 57.8 Å². The van der Waals surface area contributed by atoms with E-state index in [4.69, 9.17) is 14.2 Å². The molecule has 1 heterocycles. The highest BCUT2D eigenvalue weighted by Gasteiger charge is 2.41. The number of ether oxygens (including phenoxy) is 3. The van der Waals surface area contributed by atoms with Crippen LogP contribution in [0.2, 0.25) is 0 Å². The third-order valence-corrected chi connectivity index (χ3v) is 11.4. The Morgan fingerprint density at radius 1 is 0.475 bits per heavy atom. The summed E-state index contributed by atoms with van der Waals surface area (Å²) >= 11 is 0. The van der Waals surface area contributed by atoms with Gasteiger partial charge in [-0.2, -0.15) is 0 Å². The Hall–Kier alpha value is -2.48. The van der Waals surface area contributed by atoms with E-state index in [1.54, 1.807) is 0 Å². The number of carbonyl (C=O) groups is 3. The van der Waals surface area contributed by atoms with Crippen LogP contribution in [0.15, 0.2) is 36.5 Å². The second-order valence-electron chi connectivity index (χ2n) is 17.5. The highest BCUT2D eigenvalue weighted by atomic mass is 19.1. The molecule has 342 valence electrons. The van der Waals surface area contributed by atoms with Gasteiger partial charge in [0.25, 0.3) is 0 Å². The molecule has 1 rings (SSSR count). The number of nitrogens with zero attached hydrogens (tertiary/aromatic N) is 1. The number of rotatable bonds is 42. The number of hydrogen-bond acceptors (Lipinski definition) is 7. The van der Waals surface area contributed by atoms with Gasteiger partial charge in [0.2, 0.25) is 0 Å². The smallest absolute Gasteiger partial charge is 0.305 e. The number of unbranched alkanes of at least 4 members (excludes halogenated alkanes) is 21. The van der Waals surface area contributed by atoms with Crippen molar-refractivity contribution in [3.63, 3.8) is 0 Å². The first kappa shape index (κ1) is 54.5. The van der Waals surface area contributed by atoms with Crippen molar-refractivity contribution in [2.45, 2.75) is 213 Å². The molecule has 0 aromatic heterocycles. The van der Waals surface area contributed by atoms with Gasteiger partial charge in [0.15, 0.2) is 0 Å². The summed E-state index contributed by atoms with van der Waals surface area (Å²) in [4.78, 5) is 41.2. The van der Waals surface area contributed by atoms with Crippen LogP contribution in [-0.2, 0) is 28.6 Å². The molecule has 0 unspecified atom stereocenters. The summed E-state index contributed by atoms with van der Waals surface area (Å²) in [5.41, 5.74) is -0.928. The van der Waals surface area contributed by atoms with Crippen LogP contribution < -0.4 is 0 Å². The lowest BCUT2D eigenvalue weighted by Crippen LogP contribution is -2.56. The maximum Gasteiger partial charge on any atom is 0.305 e. The van der Waals surface area contributed by atoms with Gasteiger partial charge >= 0.3 is 17.9 Å². The molecule has 1 aliphatic heterocycles. The van der Waals surface area contributed by atoms with Crippen LogP contribution in [0, 0.1) is 11.3 Å². The number of carbonyl (C=O) groups excluding carboxylic acids is 3. The van der Waals surface area contributed by atoms with Crippen LogP contribution in [0.25, 0.3) is 0 Å². The second kappa shape index (κ2) is 39.6. The van der Waals surface area contributed by atoms with E-state index in [1.807, 2.05) is 0 Å². The van der Waals surface area contributed by atoms with Gasteiger partial charge in [0.1, 0.15) is 19.8 Å². The minimum atomic E-state index is -0.928. The minimum absolute atomic E-state index is 0.0205. The Balaban J connectivity index is 2.70. The van der Waals surface area contributed by atoms with Crippen molar-refractivity contribution in [2.24, 2.45) is 11.3 Å². The fraction of sp³-hybridized carbons (Fsp3) is 0.824. The molecule has 7 nitrogen and oxygen atoms in total. The Kier molecular flexibility index (Phi) is 36.6. The molecule has 1 fully saturated rings. The topological polar surface area (TPSA) is 82.1 Å². The summed E-state index contributed by atoms with van der Waals surface area (Å²) in [6, 6.07) is 0. The third-order valence-electron chi connectivity index (χ3n) is 11.4. The van der Waals surface area contributed by atoms with Crippen molar-refractivity contribution in [1.82, 2.24) is 4.90 Å². The van der Waals surface area contributed by atoms with E-state index in [0.717, 1.165) is 116 Å². The number of likely N-dealkylation sites (tertiary alicyclic amines) is 1. The van der Waals surface area contributed by atoms with Crippen molar-refractivity contribution in [2.75, 3.05) is 46.1 Å². The monoisotopic (exact) mass is 832 g/mol. The molecule has 0 radical (unpaired) electrons. The molecule has 0 aromatic rings. The molecule has 1 saturated heterocycles. The summed E-state index contributed by atoms with van der Waals surface area (Å²) < 4.78 is 31.1. The highest BCUT2D eigenvalue weighted by Crippen LogP contribution is 2.28. The molecule has 1 aliphatic rings. The first-order valence-corrected chi connectivity index (χ1v) is 24.6. The highest BCUT2D eigenvalue weighted by molar-refractivity contribution is 5.70. The zero-order valence-electron chi connectivity index (χ0n) is 38.5. The maximum atomic E-state index is 13.4. The number of esters is 3. The number of hydrogen-bond donors (Lipinski definition) is 0. The molecule has 0 bridgehead atoms. The van der Waals surface area contributed by atoms with Crippen molar-refractivity contribution in [3.8, 4) is 0 Å². The second-order valence-corrected chi connectivity index (χ2v) is 17.5. The summed E-state index contributed by atoms with van der Waals surface area (Å²) in [5.74, 6) is -0.899. The molecular formula is C51H90FNO6. The average molecular weight is 832 g/mol. The van der Waals surface area contributed by atoms with Gasteiger partial charge in [-0.15, -0.1) is 0 Å². The molecule has 0 spiro atoms. The van der Waals surface area contributed by atoms with E-state index in [-0.39, 0.29) is 50.3 Å². The first-order valence-electron chi connectivity index (χ1n) is 24.6. The summed E-state index contributed by atoms with van der Waals surface area (Å²) in [5, 5.41) is 0. The van der Waals surface area contributed by atoms with Crippen LogP contribution in [0.4, 0.5) is 4.39 Å². The van der Waals surface area contributed by atoms with Gasteiger partial charge in [0.05, 0.1) is 12.1 Å². The zero-order valence-corrected chi connectivity index (χ0v) is 38.5. The van der Waals surface area contributed by atoms with Crippen molar-refractivity contribution >= 4 is 17.9 Å². The van der Waals surface area contributed by atoms with E-state index in [0.29, 0.717) is 38.9 Å². The zero-order chi connectivity index (χ0) is 42.9. The fourth-order valence-corrected chi connectivity index (χ4v) is 7.42. The molecule has 59 heavy (non-hydrogen) atoms. The fourth-order valence-electron chi connectivity index (χ4n) is 7.42. The number of allylic oxidation sites excluding steroid dienone is 6. The Morgan fingerprint density at radius 2 is 0.763 bits per heavy atom. The summed E-state index contributed by atoms with van der Waals surface area (Å²) in [6.45, 7) is 7.74. The predicted octanol–water partition coefficient (Wildman–Crippen LogP) is 13.9. The lowest BCUT2D eigenvalue weighted by atomic mass is 9.87. The van der Waals surface area contributed by atoms with Crippen LogP contribution in [-0.4, -0.2) is 68.9 Å². The SMILES string of the molecule is CCCC/C=C\CCCCCCCC(=O)OCC(COC(=O)CCCCCCC/C=C\CCCC)(COC(=O)CCCCCCC/C=C\CCCC)CN1CC(CF)C1. The van der Waals surface area contributed by atoms with Gasteiger partial charge in [-0.05, 0) is 77.0 Å². The van der Waals surface area contributed by atoms with E-state index in [2.05, 4.69) is 62.1 Å². The van der Waals surface area contributed by atoms with Crippen LogP contribution in [0.1, 0.15) is 213 Å². The number of halogens is 1. The summed E-state index contributed by atoms with van der Waals surface area (Å²) in [6.07, 6.45) is 44.4. The first-order chi connectivity index (χ1) is 28.9. The molecule has 0 amide bonds. The Labute approximate surface area is 362 Å². The van der Waals surface area contributed by atoms with E-state index in [9.17, 15) is 18.8 Å². The summed E-state index contributed by atoms with van der Waals surface area (Å²) in [7, 11) is 0. The molecule has 0 atom stereocenters. The average Bonchev–Trinajstić information content (AvgIpc) is 3.22. The van der Waals surface area contributed by atoms with E-state index >= 15 is 0 Å². The Bertz CT molecular complexity index is 983. The Morgan fingerprint density at radius 3 is 1.07 bits per heavy atom. The minimum Gasteiger partial charge on any atom is -0.465 e. The van der Waals surface area contributed by atoms with Gasteiger partial charge in [-0.1, -0.05) is 154 Å². The van der Waals surface area contributed by atoms with Gasteiger partial charge in [-0.25, -0.2) is 0 Å². The van der Waals surface area contributed by atoms with Gasteiger partial charge < -0.3 is 19.1 Å². The quantitative estimate of drug-likeness (QED) is 0.0262. The predicted molar refractivity (Wildman–Crippen MR) is 244 cm³/mol. The normalized spacial score (nSPS) is 13.8. The van der Waals surface area contributed by atoms with Crippen molar-refractivity contribution in [1.29, 1.82) is 0 Å². The third kappa shape index (κ3) is 32.9. The maximum absolute atomic E-state index is 13.4. The molecule has 0 N–H and O–H groups in total. The molecule has 0 saturated carbocycles. The standard InChI is InChI=1S/C51H90FNO6/c1-4-7-10-13-16-19-22-25-28-31-34-37-48(54)57-44-51(43-53-41-47(40-52)42-53,45-58-49(55)38-35-32-29-26-23-20-17-14-11-8-5-2)46-59-50(56)39-36-33-30-27-24-21-18-15-12-9-6-3/h13-18,47H,4-12,19-46H2,1-3H3/b16-13-,17-14-,18-15-. The molecule has 0 aliphatic carbocycles. The van der Waals surface area contributed by atoms with Gasteiger partial charge in [-0.3, -0.25) is 18.8 Å². The lowest BCUT2D eigenvalue weighted by molar-refractivity contribution is -0.165. The van der Waals surface area contributed by atoms with Crippen LogP contribution in [0.5, 0.6) is 0 Å². The van der Waals surface area contributed by atoms with Crippen LogP contribution in [0.3, 0.4) is 0 Å². The largest absolute Gasteiger partial charge is 0.465 e. The van der Waals surface area contributed by atoms with E-state index < -0.39 is 5.41 Å². The lowest BCUT2D eigenvalue weighted by Gasteiger charge is -2.44. The van der Waals surface area contributed by atoms with Crippen molar-refractivity contribution < 1.29 is 33.0 Å². The molecule has 8 heteroatoms. The van der Waals surface area contributed by atoms with Crippen LogP contribution >= 0.6 is 0 Å².